The fraction of sp³-hybridized carbons (Fsp3) is 0.500. The van der Waals surface area contributed by atoms with E-state index in [0.717, 1.165) is 12.0 Å². The maximum atomic E-state index is 10.7. The van der Waals surface area contributed by atoms with Crippen LogP contribution in [0.2, 0.25) is 0 Å². The van der Waals surface area contributed by atoms with Gasteiger partial charge >= 0.3 is 5.97 Å². The van der Waals surface area contributed by atoms with Crippen LogP contribution >= 0.6 is 0 Å². The minimum atomic E-state index is -1.01. The molecular formula is C12H17NO3. The zero-order valence-corrected chi connectivity index (χ0v) is 9.64. The van der Waals surface area contributed by atoms with Gasteiger partial charge in [-0.1, -0.05) is 13.8 Å². The number of ether oxygens (including phenoxy) is 1. The largest absolute Gasteiger partial charge is 0.477 e. The van der Waals surface area contributed by atoms with Crippen LogP contribution in [0.3, 0.4) is 0 Å². The van der Waals surface area contributed by atoms with Gasteiger partial charge in [0.25, 0.3) is 0 Å². The summed E-state index contributed by atoms with van der Waals surface area (Å²) in [5.74, 6) is -0.393. The van der Waals surface area contributed by atoms with Gasteiger partial charge in [-0.25, -0.2) is 9.78 Å². The van der Waals surface area contributed by atoms with Crippen LogP contribution < -0.4 is 0 Å². The first-order chi connectivity index (χ1) is 7.59. The van der Waals surface area contributed by atoms with Crippen LogP contribution in [0.4, 0.5) is 0 Å². The smallest absolute Gasteiger partial charge is 0.354 e. The average molecular weight is 223 g/mol. The Kier molecular flexibility index (Phi) is 4.92. The molecule has 0 radical (unpaired) electrons. The van der Waals surface area contributed by atoms with Crippen LogP contribution in [0.1, 0.15) is 36.3 Å². The van der Waals surface area contributed by atoms with Crippen LogP contribution in [-0.4, -0.2) is 22.7 Å². The fourth-order valence-electron chi connectivity index (χ4n) is 1.19. The first kappa shape index (κ1) is 12.6. The van der Waals surface area contributed by atoms with Crippen LogP contribution in [0.5, 0.6) is 0 Å². The molecule has 0 fully saturated rings. The van der Waals surface area contributed by atoms with E-state index in [1.54, 1.807) is 6.07 Å². The summed E-state index contributed by atoms with van der Waals surface area (Å²) in [4.78, 5) is 14.4. The lowest BCUT2D eigenvalue weighted by Crippen LogP contribution is -2.03. The molecule has 0 saturated carbocycles. The van der Waals surface area contributed by atoms with E-state index in [2.05, 4.69) is 18.8 Å². The Balaban J connectivity index is 2.42. The number of aromatic carboxylic acids is 1. The number of carboxylic acid groups (broad SMARTS) is 1. The van der Waals surface area contributed by atoms with E-state index in [4.69, 9.17) is 9.84 Å². The van der Waals surface area contributed by atoms with Crippen molar-refractivity contribution in [2.24, 2.45) is 5.92 Å². The fourth-order valence-corrected chi connectivity index (χ4v) is 1.19. The molecule has 4 nitrogen and oxygen atoms in total. The van der Waals surface area contributed by atoms with Gasteiger partial charge in [0, 0.05) is 12.8 Å². The van der Waals surface area contributed by atoms with Crippen molar-refractivity contribution in [1.29, 1.82) is 0 Å². The highest BCUT2D eigenvalue weighted by atomic mass is 16.5. The molecule has 4 heteroatoms. The Morgan fingerprint density at radius 3 is 2.94 bits per heavy atom. The normalized spacial score (nSPS) is 10.7. The summed E-state index contributed by atoms with van der Waals surface area (Å²) < 4.78 is 5.44. The van der Waals surface area contributed by atoms with Crippen LogP contribution in [0, 0.1) is 5.92 Å². The number of nitrogens with zero attached hydrogens (tertiary/aromatic N) is 1. The number of carbonyl (C=O) groups is 1. The lowest BCUT2D eigenvalue weighted by Gasteiger charge is -2.06. The Morgan fingerprint density at radius 2 is 2.31 bits per heavy atom. The van der Waals surface area contributed by atoms with E-state index >= 15 is 0 Å². The molecule has 0 aliphatic carbocycles. The first-order valence-corrected chi connectivity index (χ1v) is 5.35. The summed E-state index contributed by atoms with van der Waals surface area (Å²) in [6, 6.07) is 3.31. The molecule has 0 atom stereocenters. The number of rotatable bonds is 6. The number of pyridine rings is 1. The van der Waals surface area contributed by atoms with E-state index in [-0.39, 0.29) is 5.69 Å². The van der Waals surface area contributed by atoms with Crippen molar-refractivity contribution < 1.29 is 14.6 Å². The van der Waals surface area contributed by atoms with E-state index < -0.39 is 5.97 Å². The molecule has 1 N–H and O–H groups in total. The van der Waals surface area contributed by atoms with Gasteiger partial charge in [0.05, 0.1) is 6.61 Å². The molecule has 1 aromatic rings. The molecule has 0 aliphatic heterocycles. The molecule has 1 aromatic heterocycles. The highest BCUT2D eigenvalue weighted by Gasteiger charge is 2.04. The van der Waals surface area contributed by atoms with Crippen molar-refractivity contribution in [3.8, 4) is 0 Å². The lowest BCUT2D eigenvalue weighted by molar-refractivity contribution is 0.0689. The third-order valence-electron chi connectivity index (χ3n) is 2.15. The minimum absolute atomic E-state index is 0.0601. The van der Waals surface area contributed by atoms with Gasteiger partial charge in [0.2, 0.25) is 0 Å². The molecule has 0 saturated heterocycles. The summed E-state index contributed by atoms with van der Waals surface area (Å²) in [5.41, 5.74) is 0.904. The summed E-state index contributed by atoms with van der Waals surface area (Å²) in [5, 5.41) is 8.75. The predicted octanol–water partition coefficient (Wildman–Crippen LogP) is 2.34. The van der Waals surface area contributed by atoms with Crippen molar-refractivity contribution in [3.05, 3.63) is 29.6 Å². The van der Waals surface area contributed by atoms with Crippen LogP contribution in [0.25, 0.3) is 0 Å². The van der Waals surface area contributed by atoms with Crippen molar-refractivity contribution in [3.63, 3.8) is 0 Å². The third-order valence-corrected chi connectivity index (χ3v) is 2.15. The van der Waals surface area contributed by atoms with E-state index in [1.165, 1.54) is 12.3 Å². The molecule has 0 bridgehead atoms. The predicted molar refractivity (Wildman–Crippen MR) is 60.3 cm³/mol. The number of hydrogen-bond acceptors (Lipinski definition) is 3. The maximum absolute atomic E-state index is 10.7. The minimum Gasteiger partial charge on any atom is -0.477 e. The van der Waals surface area contributed by atoms with Crippen molar-refractivity contribution in [1.82, 2.24) is 4.98 Å². The third kappa shape index (κ3) is 4.40. The molecule has 1 heterocycles. The van der Waals surface area contributed by atoms with Gasteiger partial charge in [-0.3, -0.25) is 0 Å². The quantitative estimate of drug-likeness (QED) is 0.752. The lowest BCUT2D eigenvalue weighted by atomic mass is 10.1. The second-order valence-corrected chi connectivity index (χ2v) is 4.09. The van der Waals surface area contributed by atoms with Crippen molar-refractivity contribution >= 4 is 5.97 Å². The molecule has 0 spiro atoms. The van der Waals surface area contributed by atoms with Gasteiger partial charge in [0.1, 0.15) is 5.69 Å². The van der Waals surface area contributed by atoms with Crippen molar-refractivity contribution in [2.75, 3.05) is 6.61 Å². The molecule has 88 valence electrons. The van der Waals surface area contributed by atoms with Gasteiger partial charge in [0.15, 0.2) is 0 Å². The monoisotopic (exact) mass is 223 g/mol. The van der Waals surface area contributed by atoms with Crippen LogP contribution in [0.15, 0.2) is 18.3 Å². The number of aromatic nitrogens is 1. The average Bonchev–Trinajstić information content (AvgIpc) is 2.24. The van der Waals surface area contributed by atoms with Gasteiger partial charge in [-0.2, -0.15) is 0 Å². The molecule has 0 aromatic carbocycles. The molecule has 0 aliphatic rings. The number of hydrogen-bond donors (Lipinski definition) is 1. The zero-order chi connectivity index (χ0) is 12.0. The summed E-state index contributed by atoms with van der Waals surface area (Å²) >= 11 is 0. The van der Waals surface area contributed by atoms with E-state index in [0.29, 0.717) is 19.1 Å². The Hall–Kier alpha value is -1.42. The Morgan fingerprint density at radius 1 is 1.56 bits per heavy atom. The van der Waals surface area contributed by atoms with Gasteiger partial charge in [-0.05, 0) is 30.0 Å². The summed E-state index contributed by atoms with van der Waals surface area (Å²) in [6.45, 7) is 5.41. The Bertz CT molecular complexity index is 350. The molecule has 1 rings (SSSR count). The Labute approximate surface area is 95.3 Å². The highest BCUT2D eigenvalue weighted by molar-refractivity contribution is 5.85. The summed E-state index contributed by atoms with van der Waals surface area (Å²) in [6.07, 6.45) is 2.50. The maximum Gasteiger partial charge on any atom is 0.354 e. The standard InChI is InChI=1S/C12H17NO3/c1-9(2)4-6-16-8-10-3-5-13-11(7-10)12(14)15/h3,5,7,9H,4,6,8H2,1-2H3,(H,14,15). The first-order valence-electron chi connectivity index (χ1n) is 5.35. The van der Waals surface area contributed by atoms with Crippen molar-refractivity contribution in [2.45, 2.75) is 26.9 Å². The van der Waals surface area contributed by atoms with E-state index in [9.17, 15) is 4.79 Å². The topological polar surface area (TPSA) is 59.4 Å². The molecule has 0 amide bonds. The SMILES string of the molecule is CC(C)CCOCc1ccnc(C(=O)O)c1. The second-order valence-electron chi connectivity index (χ2n) is 4.09. The highest BCUT2D eigenvalue weighted by Crippen LogP contribution is 2.05. The zero-order valence-electron chi connectivity index (χ0n) is 9.64. The summed E-state index contributed by atoms with van der Waals surface area (Å²) in [7, 11) is 0. The van der Waals surface area contributed by atoms with Crippen LogP contribution in [-0.2, 0) is 11.3 Å². The molecular weight excluding hydrogens is 206 g/mol. The molecule has 0 unspecified atom stereocenters. The second kappa shape index (κ2) is 6.23. The number of carboxylic acids is 1. The van der Waals surface area contributed by atoms with E-state index in [1.807, 2.05) is 0 Å². The van der Waals surface area contributed by atoms with Gasteiger partial charge in [-0.15, -0.1) is 0 Å². The molecule has 16 heavy (non-hydrogen) atoms. The van der Waals surface area contributed by atoms with Gasteiger partial charge < -0.3 is 9.84 Å².